The summed E-state index contributed by atoms with van der Waals surface area (Å²) in [6.45, 7) is 2.33. The lowest BCUT2D eigenvalue weighted by molar-refractivity contribution is -0.120. The number of nitrogens with one attached hydrogen (secondary N) is 1. The Morgan fingerprint density at radius 2 is 1.84 bits per heavy atom. The van der Waals surface area contributed by atoms with Gasteiger partial charge in [0.2, 0.25) is 11.8 Å². The molecule has 0 radical (unpaired) electrons. The molecule has 1 aliphatic heterocycles. The smallest absolute Gasteiger partial charge is 0.281 e. The number of carbonyl (C=O) groups is 2. The molecule has 0 spiro atoms. The van der Waals surface area contributed by atoms with E-state index in [1.165, 1.54) is 22.7 Å². The largest absolute Gasteiger partial charge is 0.366 e. The first-order valence-electron chi connectivity index (χ1n) is 8.02. The van der Waals surface area contributed by atoms with Gasteiger partial charge in [-0.2, -0.15) is 17.0 Å². The van der Waals surface area contributed by atoms with Gasteiger partial charge in [0.05, 0.1) is 0 Å². The van der Waals surface area contributed by atoms with Crippen molar-refractivity contribution in [3.05, 3.63) is 29.3 Å². The van der Waals surface area contributed by atoms with Crippen LogP contribution in [0.15, 0.2) is 18.2 Å². The number of carbonyl (C=O) groups excluding carboxylic acids is 2. The summed E-state index contributed by atoms with van der Waals surface area (Å²) in [6, 6.07) is 4.98. The Labute approximate surface area is 148 Å². The number of hydrogen-bond acceptors (Lipinski definition) is 4. The van der Waals surface area contributed by atoms with Crippen LogP contribution in [0.2, 0.25) is 0 Å². The summed E-state index contributed by atoms with van der Waals surface area (Å²) in [4.78, 5) is 23.9. The molecular weight excluding hydrogens is 344 g/mol. The van der Waals surface area contributed by atoms with Crippen LogP contribution >= 0.6 is 0 Å². The van der Waals surface area contributed by atoms with E-state index < -0.39 is 16.1 Å². The molecular formula is C16H24N4O4S. The lowest BCUT2D eigenvalue weighted by Gasteiger charge is -2.32. The lowest BCUT2D eigenvalue weighted by Crippen LogP contribution is -2.46. The van der Waals surface area contributed by atoms with Crippen molar-refractivity contribution in [1.82, 2.24) is 8.61 Å². The lowest BCUT2D eigenvalue weighted by atomic mass is 9.96. The molecule has 1 aliphatic rings. The fourth-order valence-corrected chi connectivity index (χ4v) is 3.99. The van der Waals surface area contributed by atoms with Crippen molar-refractivity contribution >= 4 is 27.7 Å². The average Bonchev–Trinajstić information content (AvgIpc) is 2.56. The number of piperidine rings is 1. The maximum absolute atomic E-state index is 12.5. The summed E-state index contributed by atoms with van der Waals surface area (Å²) >= 11 is 0. The van der Waals surface area contributed by atoms with E-state index >= 15 is 0 Å². The second-order valence-electron chi connectivity index (χ2n) is 6.30. The van der Waals surface area contributed by atoms with E-state index in [1.54, 1.807) is 25.1 Å². The van der Waals surface area contributed by atoms with Gasteiger partial charge >= 0.3 is 0 Å². The van der Waals surface area contributed by atoms with Crippen LogP contribution in [0.1, 0.15) is 28.8 Å². The molecule has 0 aromatic heterocycles. The zero-order valence-corrected chi connectivity index (χ0v) is 15.5. The maximum atomic E-state index is 12.5. The van der Waals surface area contributed by atoms with E-state index in [4.69, 9.17) is 5.73 Å². The Morgan fingerprint density at radius 1 is 1.24 bits per heavy atom. The van der Waals surface area contributed by atoms with Crippen molar-refractivity contribution < 1.29 is 18.0 Å². The van der Waals surface area contributed by atoms with Gasteiger partial charge in [-0.3, -0.25) is 9.59 Å². The van der Waals surface area contributed by atoms with Crippen molar-refractivity contribution in [2.24, 2.45) is 11.7 Å². The molecule has 138 valence electrons. The number of amides is 2. The van der Waals surface area contributed by atoms with Gasteiger partial charge in [-0.05, 0) is 37.5 Å². The second kappa shape index (κ2) is 7.51. The molecule has 0 aliphatic carbocycles. The average molecular weight is 368 g/mol. The van der Waals surface area contributed by atoms with Gasteiger partial charge in [-0.15, -0.1) is 0 Å². The molecule has 1 aromatic rings. The summed E-state index contributed by atoms with van der Waals surface area (Å²) in [6.07, 6.45) is 0.904. The molecule has 9 heteroatoms. The van der Waals surface area contributed by atoms with Gasteiger partial charge in [0.15, 0.2) is 0 Å². The van der Waals surface area contributed by atoms with Gasteiger partial charge in [-0.25, -0.2) is 0 Å². The van der Waals surface area contributed by atoms with Crippen LogP contribution < -0.4 is 11.1 Å². The van der Waals surface area contributed by atoms with E-state index in [0.29, 0.717) is 42.7 Å². The molecule has 0 bridgehead atoms. The molecule has 1 aromatic carbocycles. The van der Waals surface area contributed by atoms with E-state index in [-0.39, 0.29) is 11.8 Å². The molecule has 0 unspecified atom stereocenters. The first-order chi connectivity index (χ1) is 11.6. The summed E-state index contributed by atoms with van der Waals surface area (Å²) in [5.74, 6) is -0.993. The number of hydrogen-bond donors (Lipinski definition) is 2. The highest BCUT2D eigenvalue weighted by atomic mass is 32.2. The summed E-state index contributed by atoms with van der Waals surface area (Å²) in [5, 5.41) is 2.83. The molecule has 2 amide bonds. The number of benzene rings is 1. The SMILES string of the molecule is Cc1c(NC(=O)C2CCN(S(=O)(=O)N(C)C)CC2)cccc1C(N)=O. The normalized spacial score (nSPS) is 16.8. The van der Waals surface area contributed by atoms with Crippen molar-refractivity contribution in [2.75, 3.05) is 32.5 Å². The summed E-state index contributed by atoms with van der Waals surface area (Å²) in [7, 11) is -0.469. The zero-order valence-electron chi connectivity index (χ0n) is 14.7. The van der Waals surface area contributed by atoms with E-state index in [9.17, 15) is 18.0 Å². The van der Waals surface area contributed by atoms with Gasteiger partial charge in [0, 0.05) is 44.4 Å². The van der Waals surface area contributed by atoms with Crippen LogP contribution in [-0.2, 0) is 15.0 Å². The van der Waals surface area contributed by atoms with E-state index in [2.05, 4.69) is 5.32 Å². The molecule has 2 rings (SSSR count). The number of rotatable bonds is 5. The molecule has 1 saturated heterocycles. The highest BCUT2D eigenvalue weighted by Gasteiger charge is 2.32. The number of primary amides is 1. The molecule has 8 nitrogen and oxygen atoms in total. The molecule has 3 N–H and O–H groups in total. The first kappa shape index (κ1) is 19.4. The minimum absolute atomic E-state index is 0.174. The molecule has 1 fully saturated rings. The van der Waals surface area contributed by atoms with Crippen molar-refractivity contribution in [3.63, 3.8) is 0 Å². The molecule has 25 heavy (non-hydrogen) atoms. The number of anilines is 1. The van der Waals surface area contributed by atoms with E-state index in [0.717, 1.165) is 0 Å². The van der Waals surface area contributed by atoms with Crippen LogP contribution in [0.25, 0.3) is 0 Å². The van der Waals surface area contributed by atoms with Crippen LogP contribution in [0, 0.1) is 12.8 Å². The summed E-state index contributed by atoms with van der Waals surface area (Å²) in [5.41, 5.74) is 6.85. The molecule has 0 saturated carbocycles. The molecule has 1 heterocycles. The molecule has 0 atom stereocenters. The fourth-order valence-electron chi connectivity index (χ4n) is 2.85. The fraction of sp³-hybridized carbons (Fsp3) is 0.500. The predicted molar refractivity (Wildman–Crippen MR) is 95.2 cm³/mol. The van der Waals surface area contributed by atoms with Crippen LogP contribution in [0.3, 0.4) is 0 Å². The summed E-state index contributed by atoms with van der Waals surface area (Å²) < 4.78 is 26.8. The Hall–Kier alpha value is -1.97. The van der Waals surface area contributed by atoms with E-state index in [1.807, 2.05) is 0 Å². The van der Waals surface area contributed by atoms with Crippen LogP contribution in [0.4, 0.5) is 5.69 Å². The third-order valence-electron chi connectivity index (χ3n) is 4.47. The highest BCUT2D eigenvalue weighted by Crippen LogP contribution is 2.24. The Bertz CT molecular complexity index is 768. The minimum Gasteiger partial charge on any atom is -0.366 e. The third-order valence-corrected chi connectivity index (χ3v) is 6.41. The van der Waals surface area contributed by atoms with Gasteiger partial charge < -0.3 is 11.1 Å². The highest BCUT2D eigenvalue weighted by molar-refractivity contribution is 7.86. The minimum atomic E-state index is -3.45. The van der Waals surface area contributed by atoms with Gasteiger partial charge in [-0.1, -0.05) is 6.07 Å². The Kier molecular flexibility index (Phi) is 5.81. The van der Waals surface area contributed by atoms with Crippen molar-refractivity contribution in [1.29, 1.82) is 0 Å². The van der Waals surface area contributed by atoms with Gasteiger partial charge in [0.1, 0.15) is 0 Å². The third kappa shape index (κ3) is 4.17. The zero-order chi connectivity index (χ0) is 18.8. The number of nitrogens with zero attached hydrogens (tertiary/aromatic N) is 2. The Balaban J connectivity index is 2.03. The number of nitrogens with two attached hydrogens (primary N) is 1. The topological polar surface area (TPSA) is 113 Å². The van der Waals surface area contributed by atoms with Crippen molar-refractivity contribution in [3.8, 4) is 0 Å². The second-order valence-corrected chi connectivity index (χ2v) is 8.44. The maximum Gasteiger partial charge on any atom is 0.281 e. The standard InChI is InChI=1S/C16H24N4O4S/c1-11-13(15(17)21)5-4-6-14(11)18-16(22)12-7-9-20(10-8-12)25(23,24)19(2)3/h4-6,12H,7-10H2,1-3H3,(H2,17,21)(H,18,22). The van der Waals surface area contributed by atoms with Gasteiger partial charge in [0.25, 0.3) is 10.2 Å². The predicted octanol–water partition coefficient (Wildman–Crippen LogP) is 0.551. The Morgan fingerprint density at radius 3 is 2.36 bits per heavy atom. The van der Waals surface area contributed by atoms with Crippen LogP contribution in [0.5, 0.6) is 0 Å². The van der Waals surface area contributed by atoms with Crippen molar-refractivity contribution in [2.45, 2.75) is 19.8 Å². The first-order valence-corrected chi connectivity index (χ1v) is 9.42. The quantitative estimate of drug-likeness (QED) is 0.790. The van der Waals surface area contributed by atoms with Crippen LogP contribution in [-0.4, -0.2) is 56.0 Å². The monoisotopic (exact) mass is 368 g/mol.